The SMILES string of the molecule is CC(C)(C)OC(=O)N1CCN(c2cc(C3CCOCC3)nc(C3CC3)n2)CC1. The Morgan fingerprint density at radius 2 is 1.71 bits per heavy atom. The number of hydrogen-bond donors (Lipinski definition) is 0. The van der Waals surface area contributed by atoms with Gasteiger partial charge in [-0.25, -0.2) is 14.8 Å². The zero-order valence-electron chi connectivity index (χ0n) is 17.3. The third-order valence-corrected chi connectivity index (χ3v) is 5.59. The van der Waals surface area contributed by atoms with Crippen molar-refractivity contribution in [2.24, 2.45) is 0 Å². The van der Waals surface area contributed by atoms with Crippen LogP contribution in [0.2, 0.25) is 0 Å². The average molecular weight is 389 g/mol. The normalized spacial score (nSPS) is 21.7. The number of amides is 1. The lowest BCUT2D eigenvalue weighted by Gasteiger charge is -2.36. The van der Waals surface area contributed by atoms with Gasteiger partial charge >= 0.3 is 6.09 Å². The number of carbonyl (C=O) groups excluding carboxylic acids is 1. The van der Waals surface area contributed by atoms with Crippen molar-refractivity contribution >= 4 is 11.9 Å². The molecule has 3 aliphatic rings. The van der Waals surface area contributed by atoms with E-state index >= 15 is 0 Å². The summed E-state index contributed by atoms with van der Waals surface area (Å²) < 4.78 is 11.0. The van der Waals surface area contributed by atoms with Crippen molar-refractivity contribution in [1.29, 1.82) is 0 Å². The fraction of sp³-hybridized carbons (Fsp3) is 0.762. The zero-order valence-corrected chi connectivity index (χ0v) is 17.3. The molecule has 0 bridgehead atoms. The Balaban J connectivity index is 1.45. The maximum absolute atomic E-state index is 12.3. The molecule has 1 saturated carbocycles. The molecule has 3 heterocycles. The van der Waals surface area contributed by atoms with Gasteiger partial charge in [0.15, 0.2) is 0 Å². The molecule has 1 aliphatic carbocycles. The second-order valence-electron chi connectivity index (χ2n) is 9.12. The molecular formula is C21H32N4O3. The van der Waals surface area contributed by atoms with Gasteiger partial charge in [0.2, 0.25) is 0 Å². The number of piperazine rings is 1. The van der Waals surface area contributed by atoms with E-state index in [1.807, 2.05) is 20.8 Å². The minimum atomic E-state index is -0.460. The molecule has 2 saturated heterocycles. The standard InChI is InChI=1S/C21H32N4O3/c1-21(2,3)28-20(26)25-10-8-24(9-11-25)18-14-17(15-6-12-27-13-7-15)22-19(23-18)16-4-5-16/h14-16H,4-13H2,1-3H3. The minimum absolute atomic E-state index is 0.226. The molecule has 1 aromatic heterocycles. The Hall–Kier alpha value is -1.89. The molecule has 28 heavy (non-hydrogen) atoms. The zero-order chi connectivity index (χ0) is 19.7. The largest absolute Gasteiger partial charge is 0.444 e. The van der Waals surface area contributed by atoms with Crippen LogP contribution in [0.25, 0.3) is 0 Å². The summed E-state index contributed by atoms with van der Waals surface area (Å²) in [5.41, 5.74) is 0.711. The number of carbonyl (C=O) groups is 1. The van der Waals surface area contributed by atoms with E-state index in [1.165, 1.54) is 18.5 Å². The number of aromatic nitrogens is 2. The predicted octanol–water partition coefficient (Wildman–Crippen LogP) is 3.31. The molecule has 2 aliphatic heterocycles. The summed E-state index contributed by atoms with van der Waals surface area (Å²) in [6.07, 6.45) is 4.24. The van der Waals surface area contributed by atoms with Gasteiger partial charge in [-0.3, -0.25) is 0 Å². The van der Waals surface area contributed by atoms with Gasteiger partial charge in [0, 0.05) is 63.0 Å². The highest BCUT2D eigenvalue weighted by atomic mass is 16.6. The first-order chi connectivity index (χ1) is 13.4. The number of rotatable bonds is 3. The van der Waals surface area contributed by atoms with E-state index in [4.69, 9.17) is 19.4 Å². The fourth-order valence-electron chi connectivity index (χ4n) is 3.80. The first kappa shape index (κ1) is 19.4. The molecule has 0 unspecified atom stereocenters. The number of hydrogen-bond acceptors (Lipinski definition) is 6. The highest BCUT2D eigenvalue weighted by Gasteiger charge is 2.31. The van der Waals surface area contributed by atoms with Crippen LogP contribution < -0.4 is 4.90 Å². The summed E-state index contributed by atoms with van der Waals surface area (Å²) >= 11 is 0. The molecule has 1 amide bonds. The van der Waals surface area contributed by atoms with Crippen molar-refractivity contribution in [3.8, 4) is 0 Å². The molecule has 0 radical (unpaired) electrons. The van der Waals surface area contributed by atoms with Crippen LogP contribution in [0.5, 0.6) is 0 Å². The van der Waals surface area contributed by atoms with Gasteiger partial charge in [0.05, 0.1) is 0 Å². The molecule has 0 aromatic carbocycles. The average Bonchev–Trinajstić information content (AvgIpc) is 3.52. The summed E-state index contributed by atoms with van der Waals surface area (Å²) in [6.45, 7) is 10.2. The van der Waals surface area contributed by atoms with Crippen LogP contribution in [0.1, 0.15) is 69.8 Å². The van der Waals surface area contributed by atoms with Crippen molar-refractivity contribution in [3.05, 3.63) is 17.6 Å². The summed E-state index contributed by atoms with van der Waals surface area (Å²) in [4.78, 5) is 26.2. The highest BCUT2D eigenvalue weighted by molar-refractivity contribution is 5.68. The van der Waals surface area contributed by atoms with E-state index in [1.54, 1.807) is 4.90 Å². The van der Waals surface area contributed by atoms with Crippen LogP contribution in [-0.2, 0) is 9.47 Å². The second kappa shape index (κ2) is 7.85. The summed E-state index contributed by atoms with van der Waals surface area (Å²) in [5.74, 6) is 3.02. The van der Waals surface area contributed by atoms with Gasteiger partial charge in [0.1, 0.15) is 17.2 Å². The third-order valence-electron chi connectivity index (χ3n) is 5.59. The van der Waals surface area contributed by atoms with E-state index in [-0.39, 0.29) is 6.09 Å². The van der Waals surface area contributed by atoms with Crippen molar-refractivity contribution in [1.82, 2.24) is 14.9 Å². The van der Waals surface area contributed by atoms with Crippen LogP contribution in [0.15, 0.2) is 6.07 Å². The van der Waals surface area contributed by atoms with Gasteiger partial charge in [-0.2, -0.15) is 0 Å². The quantitative estimate of drug-likeness (QED) is 0.791. The maximum Gasteiger partial charge on any atom is 0.410 e. The predicted molar refractivity (Wildman–Crippen MR) is 107 cm³/mol. The Bertz CT molecular complexity index is 700. The molecule has 0 spiro atoms. The van der Waals surface area contributed by atoms with E-state index in [2.05, 4.69) is 11.0 Å². The lowest BCUT2D eigenvalue weighted by Crippen LogP contribution is -2.50. The third kappa shape index (κ3) is 4.74. The highest BCUT2D eigenvalue weighted by Crippen LogP contribution is 2.40. The van der Waals surface area contributed by atoms with E-state index in [0.717, 1.165) is 50.8 Å². The second-order valence-corrected chi connectivity index (χ2v) is 9.12. The smallest absolute Gasteiger partial charge is 0.410 e. The Morgan fingerprint density at radius 1 is 1.04 bits per heavy atom. The molecule has 3 fully saturated rings. The van der Waals surface area contributed by atoms with E-state index < -0.39 is 5.60 Å². The molecule has 7 nitrogen and oxygen atoms in total. The van der Waals surface area contributed by atoms with Crippen molar-refractivity contribution in [2.45, 2.75) is 63.9 Å². The minimum Gasteiger partial charge on any atom is -0.444 e. The first-order valence-corrected chi connectivity index (χ1v) is 10.6. The van der Waals surface area contributed by atoms with Crippen LogP contribution in [0.3, 0.4) is 0 Å². The van der Waals surface area contributed by atoms with Crippen LogP contribution >= 0.6 is 0 Å². The molecule has 1 aromatic rings. The maximum atomic E-state index is 12.3. The molecule has 7 heteroatoms. The lowest BCUT2D eigenvalue weighted by atomic mass is 9.96. The number of nitrogens with zero attached hydrogens (tertiary/aromatic N) is 4. The first-order valence-electron chi connectivity index (χ1n) is 10.6. The Labute approximate surface area is 167 Å². The summed E-state index contributed by atoms with van der Waals surface area (Å²) in [5, 5.41) is 0. The molecule has 0 atom stereocenters. The van der Waals surface area contributed by atoms with E-state index in [0.29, 0.717) is 24.9 Å². The monoisotopic (exact) mass is 388 g/mol. The lowest BCUT2D eigenvalue weighted by molar-refractivity contribution is 0.0240. The number of ether oxygens (including phenoxy) is 2. The number of anilines is 1. The van der Waals surface area contributed by atoms with Gasteiger partial charge < -0.3 is 19.3 Å². The van der Waals surface area contributed by atoms with Crippen molar-refractivity contribution in [2.75, 3.05) is 44.3 Å². The summed E-state index contributed by atoms with van der Waals surface area (Å²) in [7, 11) is 0. The summed E-state index contributed by atoms with van der Waals surface area (Å²) in [6, 6.07) is 2.17. The van der Waals surface area contributed by atoms with Gasteiger partial charge in [0.25, 0.3) is 0 Å². The fourth-order valence-corrected chi connectivity index (χ4v) is 3.80. The molecule has 154 valence electrons. The van der Waals surface area contributed by atoms with Gasteiger partial charge in [-0.05, 0) is 46.5 Å². The Morgan fingerprint density at radius 3 is 2.32 bits per heavy atom. The van der Waals surface area contributed by atoms with Crippen molar-refractivity contribution in [3.63, 3.8) is 0 Å². The van der Waals surface area contributed by atoms with Gasteiger partial charge in [-0.1, -0.05) is 0 Å². The van der Waals surface area contributed by atoms with Crippen molar-refractivity contribution < 1.29 is 14.3 Å². The topological polar surface area (TPSA) is 67.8 Å². The molecular weight excluding hydrogens is 356 g/mol. The molecule has 4 rings (SSSR count). The van der Waals surface area contributed by atoms with E-state index in [9.17, 15) is 4.79 Å². The van der Waals surface area contributed by atoms with Gasteiger partial charge in [-0.15, -0.1) is 0 Å². The molecule has 0 N–H and O–H groups in total. The van der Waals surface area contributed by atoms with Crippen LogP contribution in [0, 0.1) is 0 Å². The Kier molecular flexibility index (Phi) is 5.45. The van der Waals surface area contributed by atoms with Crippen LogP contribution in [-0.4, -0.2) is 66.0 Å². The van der Waals surface area contributed by atoms with Crippen LogP contribution in [0.4, 0.5) is 10.6 Å².